The minimum absolute atomic E-state index is 0.0343. The molecule has 0 aliphatic carbocycles. The fraction of sp³-hybridized carbons (Fsp3) is 0.267. The fourth-order valence-electron chi connectivity index (χ4n) is 2.04. The molecule has 0 aliphatic heterocycles. The molecule has 0 fully saturated rings. The van der Waals surface area contributed by atoms with Gasteiger partial charge in [0, 0.05) is 6.20 Å². The number of aromatic nitrogens is 2. The second-order valence-electron chi connectivity index (χ2n) is 4.83. The van der Waals surface area contributed by atoms with Crippen LogP contribution in [0.3, 0.4) is 0 Å². The van der Waals surface area contributed by atoms with Crippen LogP contribution in [0.1, 0.15) is 24.2 Å². The Morgan fingerprint density at radius 1 is 1.28 bits per heavy atom. The number of nitrogens with two attached hydrogens (primary N) is 1. The summed E-state index contributed by atoms with van der Waals surface area (Å²) < 4.78 is 33.3. The minimum atomic E-state index is -3.95. The molecule has 1 aromatic carbocycles. The zero-order chi connectivity index (χ0) is 18.6. The highest BCUT2D eigenvalue weighted by atomic mass is 32.2. The summed E-state index contributed by atoms with van der Waals surface area (Å²) in [4.78, 5) is 30.0. The van der Waals surface area contributed by atoms with E-state index in [2.05, 4.69) is 9.97 Å². The Morgan fingerprint density at radius 2 is 2.00 bits per heavy atom. The zero-order valence-corrected chi connectivity index (χ0v) is 14.4. The molecule has 0 radical (unpaired) electrons. The third-order valence-electron chi connectivity index (χ3n) is 3.13. The van der Waals surface area contributed by atoms with Crippen LogP contribution in [-0.2, 0) is 14.8 Å². The van der Waals surface area contributed by atoms with Crippen LogP contribution in [0.2, 0.25) is 0 Å². The Balaban J connectivity index is 2.58. The summed E-state index contributed by atoms with van der Waals surface area (Å²) in [5, 5.41) is 5.13. The van der Waals surface area contributed by atoms with Gasteiger partial charge in [0.15, 0.2) is 0 Å². The molecule has 0 saturated heterocycles. The van der Waals surface area contributed by atoms with Gasteiger partial charge in [0.2, 0.25) is 10.0 Å². The summed E-state index contributed by atoms with van der Waals surface area (Å²) >= 11 is 0. The van der Waals surface area contributed by atoms with Crippen molar-refractivity contribution >= 4 is 16.0 Å². The third kappa shape index (κ3) is 4.22. The van der Waals surface area contributed by atoms with Gasteiger partial charge in [-0.1, -0.05) is 0 Å². The van der Waals surface area contributed by atoms with Crippen molar-refractivity contribution in [3.63, 3.8) is 0 Å². The van der Waals surface area contributed by atoms with Crippen molar-refractivity contribution in [3.05, 3.63) is 40.3 Å². The molecule has 9 nitrogen and oxygen atoms in total. The van der Waals surface area contributed by atoms with E-state index in [1.165, 1.54) is 18.2 Å². The lowest BCUT2D eigenvalue weighted by Crippen LogP contribution is -2.21. The lowest BCUT2D eigenvalue weighted by atomic mass is 10.2. The molecule has 1 heterocycles. The Hall–Kier alpha value is -2.72. The lowest BCUT2D eigenvalue weighted by molar-refractivity contribution is 0.0523. The van der Waals surface area contributed by atoms with Gasteiger partial charge < -0.3 is 14.5 Å². The molecule has 134 valence electrons. The van der Waals surface area contributed by atoms with Crippen LogP contribution in [0.15, 0.2) is 34.1 Å². The largest absolute Gasteiger partial charge is 0.493 e. The van der Waals surface area contributed by atoms with Crippen molar-refractivity contribution in [2.24, 2.45) is 5.14 Å². The van der Waals surface area contributed by atoms with Gasteiger partial charge >= 0.3 is 5.97 Å². The number of H-pyrrole nitrogens is 1. The van der Waals surface area contributed by atoms with Crippen LogP contribution < -0.4 is 15.4 Å². The average molecular weight is 367 g/mol. The van der Waals surface area contributed by atoms with Gasteiger partial charge in [-0.25, -0.2) is 23.3 Å². The maximum Gasteiger partial charge on any atom is 0.345 e. The van der Waals surface area contributed by atoms with Crippen LogP contribution >= 0.6 is 0 Å². The van der Waals surface area contributed by atoms with Gasteiger partial charge in [0.1, 0.15) is 17.1 Å². The quantitative estimate of drug-likeness (QED) is 0.714. The van der Waals surface area contributed by atoms with E-state index in [1.54, 1.807) is 13.8 Å². The van der Waals surface area contributed by atoms with Gasteiger partial charge in [-0.15, -0.1) is 0 Å². The number of nitrogens with zero attached hydrogens (tertiary/aromatic N) is 1. The number of carbonyl (C=O) groups excluding carboxylic acids is 1. The first-order valence-electron chi connectivity index (χ1n) is 7.34. The molecular weight excluding hydrogens is 350 g/mol. The highest BCUT2D eigenvalue weighted by Crippen LogP contribution is 2.29. The highest BCUT2D eigenvalue weighted by Gasteiger charge is 2.18. The van der Waals surface area contributed by atoms with Crippen molar-refractivity contribution < 1.29 is 22.7 Å². The molecule has 25 heavy (non-hydrogen) atoms. The van der Waals surface area contributed by atoms with Crippen LogP contribution in [-0.4, -0.2) is 37.6 Å². The molecule has 0 bridgehead atoms. The first kappa shape index (κ1) is 18.6. The smallest absolute Gasteiger partial charge is 0.345 e. The lowest BCUT2D eigenvalue weighted by Gasteiger charge is -2.11. The van der Waals surface area contributed by atoms with Gasteiger partial charge in [0.05, 0.1) is 23.7 Å². The second kappa shape index (κ2) is 7.45. The molecule has 0 unspecified atom stereocenters. The predicted molar refractivity (Wildman–Crippen MR) is 88.8 cm³/mol. The summed E-state index contributed by atoms with van der Waals surface area (Å²) in [6, 6.07) is 3.94. The Labute approximate surface area is 143 Å². The van der Waals surface area contributed by atoms with Crippen molar-refractivity contribution in [2.45, 2.75) is 18.7 Å². The number of benzene rings is 1. The topological polar surface area (TPSA) is 141 Å². The number of hydrogen-bond donors (Lipinski definition) is 2. The SMILES string of the molecule is CCOC(=O)c1cnc(-c2cc(S(N)(=O)=O)ccc2OCC)[nH]c1=O. The van der Waals surface area contributed by atoms with E-state index in [0.717, 1.165) is 6.20 Å². The van der Waals surface area contributed by atoms with Gasteiger partial charge in [-0.2, -0.15) is 0 Å². The van der Waals surface area contributed by atoms with E-state index in [0.29, 0.717) is 12.4 Å². The van der Waals surface area contributed by atoms with Crippen LogP contribution in [0.4, 0.5) is 0 Å². The Kier molecular flexibility index (Phi) is 5.55. The van der Waals surface area contributed by atoms with E-state index in [1.807, 2.05) is 0 Å². The summed E-state index contributed by atoms with van der Waals surface area (Å²) in [5.41, 5.74) is -0.751. The normalized spacial score (nSPS) is 11.2. The van der Waals surface area contributed by atoms with Crippen molar-refractivity contribution in [1.82, 2.24) is 9.97 Å². The molecule has 10 heteroatoms. The number of hydrogen-bond acceptors (Lipinski definition) is 7. The minimum Gasteiger partial charge on any atom is -0.493 e. The summed E-state index contributed by atoms with van der Waals surface area (Å²) in [5.74, 6) is -0.458. The highest BCUT2D eigenvalue weighted by molar-refractivity contribution is 7.89. The Bertz CT molecular complexity index is 952. The number of primary sulfonamides is 1. The molecule has 0 saturated carbocycles. The summed E-state index contributed by atoms with van der Waals surface area (Å²) in [6.07, 6.45) is 1.06. The van der Waals surface area contributed by atoms with E-state index in [4.69, 9.17) is 14.6 Å². The number of esters is 1. The van der Waals surface area contributed by atoms with E-state index < -0.39 is 21.6 Å². The molecular formula is C15H17N3O6S. The maximum atomic E-state index is 12.1. The first-order valence-corrected chi connectivity index (χ1v) is 8.89. The van der Waals surface area contributed by atoms with Crippen molar-refractivity contribution in [3.8, 4) is 17.1 Å². The van der Waals surface area contributed by atoms with E-state index in [-0.39, 0.29) is 28.5 Å². The summed E-state index contributed by atoms with van der Waals surface area (Å²) in [6.45, 7) is 3.79. The van der Waals surface area contributed by atoms with Gasteiger partial charge in [-0.05, 0) is 32.0 Å². The molecule has 1 aromatic heterocycles. The monoisotopic (exact) mass is 367 g/mol. The maximum absolute atomic E-state index is 12.1. The number of ether oxygens (including phenoxy) is 2. The second-order valence-corrected chi connectivity index (χ2v) is 6.39. The number of carbonyl (C=O) groups is 1. The van der Waals surface area contributed by atoms with Crippen LogP contribution in [0.5, 0.6) is 5.75 Å². The number of aromatic amines is 1. The van der Waals surface area contributed by atoms with E-state index in [9.17, 15) is 18.0 Å². The van der Waals surface area contributed by atoms with Crippen molar-refractivity contribution in [1.29, 1.82) is 0 Å². The predicted octanol–water partition coefficient (Wildman–Crippen LogP) is 0.660. The average Bonchev–Trinajstić information content (AvgIpc) is 2.54. The molecule has 0 spiro atoms. The van der Waals surface area contributed by atoms with Gasteiger partial charge in [0.25, 0.3) is 5.56 Å². The summed E-state index contributed by atoms with van der Waals surface area (Å²) in [7, 11) is -3.95. The fourth-order valence-corrected chi connectivity index (χ4v) is 2.58. The van der Waals surface area contributed by atoms with Crippen LogP contribution in [0.25, 0.3) is 11.4 Å². The third-order valence-corrected chi connectivity index (χ3v) is 4.04. The Morgan fingerprint density at radius 3 is 2.56 bits per heavy atom. The molecule has 2 rings (SSSR count). The molecule has 2 aromatic rings. The van der Waals surface area contributed by atoms with E-state index >= 15 is 0 Å². The first-order chi connectivity index (χ1) is 11.8. The molecule has 0 aliphatic rings. The molecule has 0 atom stereocenters. The van der Waals surface area contributed by atoms with Gasteiger partial charge in [-0.3, -0.25) is 4.79 Å². The van der Waals surface area contributed by atoms with Crippen molar-refractivity contribution in [2.75, 3.05) is 13.2 Å². The number of rotatable bonds is 6. The molecule has 0 amide bonds. The molecule has 3 N–H and O–H groups in total. The number of sulfonamides is 1. The van der Waals surface area contributed by atoms with Crippen LogP contribution in [0, 0.1) is 0 Å². The standard InChI is InChI=1S/C15H17N3O6S/c1-3-23-12-6-5-9(25(16,21)22)7-10(12)13-17-8-11(14(19)18-13)15(20)24-4-2/h5-8H,3-4H2,1-2H3,(H2,16,21,22)(H,17,18,19). The number of nitrogens with one attached hydrogen (secondary N) is 1. The zero-order valence-electron chi connectivity index (χ0n) is 13.6.